The molecule has 1 aliphatic carbocycles. The largest absolute Gasteiger partial charge is 0.228 e. The smallest absolute Gasteiger partial charge is 0.160 e. The Kier molecular flexibility index (Phi) is 5.49. The van der Waals surface area contributed by atoms with Gasteiger partial charge in [-0.05, 0) is 45.5 Å². The van der Waals surface area contributed by atoms with Crippen LogP contribution in [0.4, 0.5) is 0 Å². The van der Waals surface area contributed by atoms with Crippen LogP contribution in [0.1, 0.15) is 25.0 Å². The average molecular weight is 501 g/mol. The Bertz CT molecular complexity index is 1760. The Morgan fingerprint density at radius 3 is 1.72 bits per heavy atom. The maximum atomic E-state index is 5.11. The van der Waals surface area contributed by atoms with Crippen LogP contribution in [0.5, 0.6) is 0 Å². The lowest BCUT2D eigenvalue weighted by molar-refractivity contribution is 0.660. The molecular formula is C37H28N2. The normalized spacial score (nSPS) is 13.1. The van der Waals surface area contributed by atoms with Crippen LogP contribution in [-0.4, -0.2) is 9.97 Å². The minimum absolute atomic E-state index is 0.00814. The molecule has 7 rings (SSSR count). The lowest BCUT2D eigenvalue weighted by atomic mass is 9.82. The number of nitrogens with zero attached hydrogens (tertiary/aromatic N) is 2. The van der Waals surface area contributed by atoms with Gasteiger partial charge in [-0.3, -0.25) is 0 Å². The minimum atomic E-state index is -0.00814. The Hall–Kier alpha value is -4.82. The molecular weight excluding hydrogens is 472 g/mol. The van der Waals surface area contributed by atoms with Crippen molar-refractivity contribution in [3.63, 3.8) is 0 Å². The zero-order valence-electron chi connectivity index (χ0n) is 22.1. The summed E-state index contributed by atoms with van der Waals surface area (Å²) in [6.45, 7) is 4.64. The summed E-state index contributed by atoms with van der Waals surface area (Å²) in [6, 6.07) is 47.0. The maximum absolute atomic E-state index is 5.11. The van der Waals surface area contributed by atoms with Gasteiger partial charge in [-0.2, -0.15) is 0 Å². The van der Waals surface area contributed by atoms with E-state index in [-0.39, 0.29) is 5.41 Å². The quantitative estimate of drug-likeness (QED) is 0.241. The van der Waals surface area contributed by atoms with Crippen molar-refractivity contribution in [2.45, 2.75) is 19.3 Å². The van der Waals surface area contributed by atoms with Gasteiger partial charge in [-0.25, -0.2) is 9.97 Å². The van der Waals surface area contributed by atoms with E-state index in [1.807, 2.05) is 24.3 Å². The lowest BCUT2D eigenvalue weighted by Crippen LogP contribution is -2.14. The molecule has 0 fully saturated rings. The molecule has 0 aliphatic heterocycles. The van der Waals surface area contributed by atoms with E-state index in [2.05, 4.69) is 123 Å². The minimum Gasteiger partial charge on any atom is -0.228 e. The third kappa shape index (κ3) is 3.97. The van der Waals surface area contributed by atoms with E-state index >= 15 is 0 Å². The lowest BCUT2D eigenvalue weighted by Gasteiger charge is -2.21. The number of hydrogen-bond acceptors (Lipinski definition) is 2. The van der Waals surface area contributed by atoms with Gasteiger partial charge < -0.3 is 0 Å². The maximum Gasteiger partial charge on any atom is 0.160 e. The highest BCUT2D eigenvalue weighted by molar-refractivity contribution is 5.89. The van der Waals surface area contributed by atoms with Gasteiger partial charge in [0, 0.05) is 22.1 Å². The van der Waals surface area contributed by atoms with Crippen molar-refractivity contribution in [2.24, 2.45) is 0 Å². The monoisotopic (exact) mass is 500 g/mol. The third-order valence-corrected chi connectivity index (χ3v) is 7.93. The molecule has 0 atom stereocenters. The first-order chi connectivity index (χ1) is 19.1. The van der Waals surface area contributed by atoms with Gasteiger partial charge in [-0.15, -0.1) is 0 Å². The highest BCUT2D eigenvalue weighted by Crippen LogP contribution is 2.50. The molecule has 0 unspecified atom stereocenters. The second-order valence-electron chi connectivity index (χ2n) is 10.7. The number of hydrogen-bond donors (Lipinski definition) is 0. The van der Waals surface area contributed by atoms with E-state index < -0.39 is 0 Å². The first kappa shape index (κ1) is 23.3. The molecule has 5 aromatic carbocycles. The van der Waals surface area contributed by atoms with E-state index in [4.69, 9.17) is 9.97 Å². The number of rotatable bonds is 4. The Morgan fingerprint density at radius 1 is 0.410 bits per heavy atom. The van der Waals surface area contributed by atoms with Gasteiger partial charge in [0.25, 0.3) is 0 Å². The highest BCUT2D eigenvalue weighted by Gasteiger charge is 2.35. The average Bonchev–Trinajstić information content (AvgIpc) is 3.24. The fourth-order valence-electron chi connectivity index (χ4n) is 5.90. The number of benzene rings is 5. The molecule has 1 heterocycles. The molecule has 186 valence electrons. The molecule has 0 saturated heterocycles. The van der Waals surface area contributed by atoms with E-state index in [0.717, 1.165) is 33.9 Å². The van der Waals surface area contributed by atoms with Gasteiger partial charge in [-0.1, -0.05) is 135 Å². The summed E-state index contributed by atoms with van der Waals surface area (Å²) in [6.07, 6.45) is 0. The SMILES string of the molecule is CC1(C)c2ccccc2-c2cc(-c3ccccc3-c3cc(-c4ccccc4)nc(-c4ccccc4)n3)ccc21. The first-order valence-corrected chi connectivity index (χ1v) is 13.4. The molecule has 2 heteroatoms. The van der Waals surface area contributed by atoms with Gasteiger partial charge in [0.05, 0.1) is 11.4 Å². The molecule has 2 nitrogen and oxygen atoms in total. The summed E-state index contributed by atoms with van der Waals surface area (Å²) >= 11 is 0. The molecule has 0 bridgehead atoms. The van der Waals surface area contributed by atoms with Gasteiger partial charge >= 0.3 is 0 Å². The van der Waals surface area contributed by atoms with Crippen molar-refractivity contribution in [3.05, 3.63) is 145 Å². The van der Waals surface area contributed by atoms with Crippen LogP contribution >= 0.6 is 0 Å². The van der Waals surface area contributed by atoms with Crippen LogP contribution in [-0.2, 0) is 5.41 Å². The predicted molar refractivity (Wildman–Crippen MR) is 161 cm³/mol. The molecule has 0 radical (unpaired) electrons. The van der Waals surface area contributed by atoms with Crippen LogP contribution in [0.3, 0.4) is 0 Å². The van der Waals surface area contributed by atoms with Crippen LogP contribution in [0.2, 0.25) is 0 Å². The fraction of sp³-hybridized carbons (Fsp3) is 0.0811. The van der Waals surface area contributed by atoms with E-state index in [0.29, 0.717) is 0 Å². The molecule has 6 aromatic rings. The third-order valence-electron chi connectivity index (χ3n) is 7.93. The number of aromatic nitrogens is 2. The van der Waals surface area contributed by atoms with E-state index in [1.54, 1.807) is 0 Å². The Morgan fingerprint density at radius 2 is 0.974 bits per heavy atom. The van der Waals surface area contributed by atoms with Crippen molar-refractivity contribution >= 4 is 0 Å². The second kappa shape index (κ2) is 9.18. The Labute approximate surface area is 229 Å². The van der Waals surface area contributed by atoms with E-state index in [1.165, 1.54) is 33.4 Å². The molecule has 39 heavy (non-hydrogen) atoms. The zero-order valence-corrected chi connectivity index (χ0v) is 22.1. The molecule has 0 N–H and O–H groups in total. The fourth-order valence-corrected chi connectivity index (χ4v) is 5.90. The molecule has 0 amide bonds. The van der Waals surface area contributed by atoms with Crippen LogP contribution in [0, 0.1) is 0 Å². The van der Waals surface area contributed by atoms with Crippen molar-refractivity contribution < 1.29 is 0 Å². The summed E-state index contributed by atoms with van der Waals surface area (Å²) in [5.74, 6) is 0.728. The summed E-state index contributed by atoms with van der Waals surface area (Å²) in [5, 5.41) is 0. The Balaban J connectivity index is 1.42. The van der Waals surface area contributed by atoms with Crippen LogP contribution < -0.4 is 0 Å². The summed E-state index contributed by atoms with van der Waals surface area (Å²) in [7, 11) is 0. The van der Waals surface area contributed by atoms with Crippen molar-refractivity contribution in [1.82, 2.24) is 9.97 Å². The number of fused-ring (bicyclic) bond motifs is 3. The van der Waals surface area contributed by atoms with Gasteiger partial charge in [0.2, 0.25) is 0 Å². The topological polar surface area (TPSA) is 25.8 Å². The molecule has 0 saturated carbocycles. The molecule has 1 aliphatic rings. The van der Waals surface area contributed by atoms with Crippen LogP contribution in [0.25, 0.3) is 56.2 Å². The summed E-state index contributed by atoms with van der Waals surface area (Å²) < 4.78 is 0. The van der Waals surface area contributed by atoms with Crippen LogP contribution in [0.15, 0.2) is 133 Å². The first-order valence-electron chi connectivity index (χ1n) is 13.4. The predicted octanol–water partition coefficient (Wildman–Crippen LogP) is 9.45. The molecule has 1 aromatic heterocycles. The summed E-state index contributed by atoms with van der Waals surface area (Å²) in [5.41, 5.74) is 12.8. The van der Waals surface area contributed by atoms with Crippen molar-refractivity contribution in [2.75, 3.05) is 0 Å². The second-order valence-corrected chi connectivity index (χ2v) is 10.7. The van der Waals surface area contributed by atoms with Crippen molar-refractivity contribution in [1.29, 1.82) is 0 Å². The molecule has 0 spiro atoms. The zero-order chi connectivity index (χ0) is 26.4. The van der Waals surface area contributed by atoms with E-state index in [9.17, 15) is 0 Å². The van der Waals surface area contributed by atoms with Gasteiger partial charge in [0.15, 0.2) is 5.82 Å². The summed E-state index contributed by atoms with van der Waals surface area (Å²) in [4.78, 5) is 10.1. The van der Waals surface area contributed by atoms with Crippen molar-refractivity contribution in [3.8, 4) is 56.2 Å². The highest BCUT2D eigenvalue weighted by atomic mass is 14.9. The van der Waals surface area contributed by atoms with Gasteiger partial charge in [0.1, 0.15) is 0 Å². The standard InChI is InChI=1S/C37H28N2/c1-37(2)32-20-12-11-18-29(32)31-23-27(21-22-33(31)37)28-17-9-10-19-30(28)35-24-34(25-13-5-3-6-14-25)38-36(39-35)26-15-7-4-8-16-26/h3-24H,1-2H3.